The van der Waals surface area contributed by atoms with Gasteiger partial charge in [-0.25, -0.2) is 15.2 Å². The Kier molecular flexibility index (Phi) is 5.97. The Hall–Kier alpha value is -2.61. The van der Waals surface area contributed by atoms with E-state index in [0.717, 1.165) is 16.2 Å². The van der Waals surface area contributed by atoms with Crippen LogP contribution in [0, 0.1) is 5.92 Å². The largest absolute Gasteiger partial charge is 0.496 e. The van der Waals surface area contributed by atoms with Gasteiger partial charge in [-0.05, 0) is 30.4 Å². The van der Waals surface area contributed by atoms with E-state index in [9.17, 15) is 14.4 Å². The van der Waals surface area contributed by atoms with Gasteiger partial charge in [0.15, 0.2) is 0 Å². The predicted molar refractivity (Wildman–Crippen MR) is 89.0 cm³/mol. The molecule has 3 N–H and O–H groups in total. The van der Waals surface area contributed by atoms with E-state index >= 15 is 0 Å². The monoisotopic (exact) mass is 349 g/mol. The van der Waals surface area contributed by atoms with Crippen LogP contribution in [0.25, 0.3) is 0 Å². The summed E-state index contributed by atoms with van der Waals surface area (Å²) in [5, 5.41) is 11.5. The number of amides is 4. The first-order valence-corrected chi connectivity index (χ1v) is 8.10. The van der Waals surface area contributed by atoms with Crippen molar-refractivity contribution < 1.29 is 24.3 Å². The maximum atomic E-state index is 12.6. The second-order valence-corrected chi connectivity index (χ2v) is 6.23. The molecule has 2 atom stereocenters. The van der Waals surface area contributed by atoms with Gasteiger partial charge >= 0.3 is 6.03 Å². The van der Waals surface area contributed by atoms with Gasteiger partial charge in [0.1, 0.15) is 17.8 Å². The van der Waals surface area contributed by atoms with E-state index in [1.807, 2.05) is 24.3 Å². The molecule has 1 aliphatic rings. The van der Waals surface area contributed by atoms with Crippen molar-refractivity contribution in [3.05, 3.63) is 29.8 Å². The van der Waals surface area contributed by atoms with Gasteiger partial charge < -0.3 is 10.1 Å². The van der Waals surface area contributed by atoms with Crippen molar-refractivity contribution in [1.29, 1.82) is 0 Å². The molecule has 0 radical (unpaired) electrons. The van der Waals surface area contributed by atoms with Gasteiger partial charge in [-0.15, -0.1) is 0 Å². The smallest absolute Gasteiger partial charge is 0.325 e. The Labute approximate surface area is 146 Å². The Morgan fingerprint density at radius 1 is 1.36 bits per heavy atom. The Morgan fingerprint density at radius 3 is 2.64 bits per heavy atom. The second-order valence-electron chi connectivity index (χ2n) is 6.23. The number of nitrogens with one attached hydrogen (secondary N) is 2. The summed E-state index contributed by atoms with van der Waals surface area (Å²) >= 11 is 0. The summed E-state index contributed by atoms with van der Waals surface area (Å²) < 4.78 is 5.28. The number of urea groups is 1. The van der Waals surface area contributed by atoms with E-state index in [-0.39, 0.29) is 5.92 Å². The van der Waals surface area contributed by atoms with E-state index in [2.05, 4.69) is 5.32 Å². The van der Waals surface area contributed by atoms with Gasteiger partial charge in [-0.3, -0.25) is 14.8 Å². The van der Waals surface area contributed by atoms with Gasteiger partial charge in [-0.2, -0.15) is 0 Å². The molecule has 136 valence electrons. The summed E-state index contributed by atoms with van der Waals surface area (Å²) in [7, 11) is 1.57. The average molecular weight is 349 g/mol. The zero-order valence-corrected chi connectivity index (χ0v) is 14.5. The summed E-state index contributed by atoms with van der Waals surface area (Å²) in [6, 6.07) is 5.05. The van der Waals surface area contributed by atoms with Gasteiger partial charge in [0, 0.05) is 0 Å². The molecule has 0 unspecified atom stereocenters. The number of nitrogens with zero attached hydrogens (tertiary/aromatic N) is 1. The zero-order chi connectivity index (χ0) is 18.6. The number of para-hydroxylation sites is 1. The molecule has 1 aliphatic heterocycles. The zero-order valence-electron chi connectivity index (χ0n) is 14.5. The number of rotatable bonds is 7. The van der Waals surface area contributed by atoms with E-state index in [4.69, 9.17) is 9.94 Å². The van der Waals surface area contributed by atoms with Crippen LogP contribution in [0.3, 0.4) is 0 Å². The van der Waals surface area contributed by atoms with Crippen LogP contribution < -0.4 is 15.5 Å². The van der Waals surface area contributed by atoms with Crippen LogP contribution in [-0.2, 0) is 16.0 Å². The lowest BCUT2D eigenvalue weighted by atomic mass is 10.0. The fraction of sp³-hybridized carbons (Fsp3) is 0.471. The first-order chi connectivity index (χ1) is 11.9. The number of hydrogen-bond donors (Lipinski definition) is 3. The van der Waals surface area contributed by atoms with Crippen molar-refractivity contribution in [3.63, 3.8) is 0 Å². The lowest BCUT2D eigenvalue weighted by Crippen LogP contribution is -2.52. The van der Waals surface area contributed by atoms with Crippen LogP contribution in [0.1, 0.15) is 25.8 Å². The molecule has 2 rings (SSSR count). The predicted octanol–water partition coefficient (Wildman–Crippen LogP) is 1.08. The van der Waals surface area contributed by atoms with E-state index in [0.29, 0.717) is 12.8 Å². The highest BCUT2D eigenvalue weighted by Gasteiger charge is 2.45. The summed E-state index contributed by atoms with van der Waals surface area (Å²) in [6.45, 7) is 3.39. The Bertz CT molecular complexity index is 661. The number of imide groups is 1. The lowest BCUT2D eigenvalue weighted by molar-refractivity contribution is -0.142. The molecule has 1 saturated heterocycles. The van der Waals surface area contributed by atoms with Crippen molar-refractivity contribution in [2.75, 3.05) is 7.11 Å². The molecule has 8 nitrogen and oxygen atoms in total. The second kappa shape index (κ2) is 7.98. The molecule has 1 fully saturated rings. The first kappa shape index (κ1) is 18.7. The van der Waals surface area contributed by atoms with Gasteiger partial charge in [0.05, 0.1) is 7.11 Å². The minimum absolute atomic E-state index is 0.338. The third kappa shape index (κ3) is 3.90. The number of benzene rings is 1. The number of hydroxylamine groups is 1. The summed E-state index contributed by atoms with van der Waals surface area (Å²) in [4.78, 5) is 37.6. The number of aryl methyl sites for hydroxylation is 1. The molecule has 0 bridgehead atoms. The molecule has 1 aromatic carbocycles. The Morgan fingerprint density at radius 2 is 2.04 bits per heavy atom. The molecule has 0 saturated carbocycles. The number of ether oxygens (including phenoxy) is 1. The minimum Gasteiger partial charge on any atom is -0.496 e. The molecular weight excluding hydrogens is 326 g/mol. The third-order valence-electron chi connectivity index (χ3n) is 4.24. The van der Waals surface area contributed by atoms with E-state index < -0.39 is 29.9 Å². The molecule has 8 heteroatoms. The molecule has 25 heavy (non-hydrogen) atoms. The molecular formula is C17H23N3O5. The summed E-state index contributed by atoms with van der Waals surface area (Å²) in [5.41, 5.74) is 2.45. The van der Waals surface area contributed by atoms with Crippen molar-refractivity contribution in [3.8, 4) is 5.75 Å². The van der Waals surface area contributed by atoms with Crippen LogP contribution in [0.2, 0.25) is 0 Å². The lowest BCUT2D eigenvalue weighted by Gasteiger charge is -2.26. The third-order valence-corrected chi connectivity index (χ3v) is 4.24. The molecule has 4 amide bonds. The quantitative estimate of drug-likeness (QED) is 0.388. The fourth-order valence-corrected chi connectivity index (χ4v) is 3.00. The normalized spacial score (nSPS) is 18.3. The summed E-state index contributed by atoms with van der Waals surface area (Å²) in [6.07, 6.45) is 0.917. The van der Waals surface area contributed by atoms with Crippen molar-refractivity contribution in [1.82, 2.24) is 15.7 Å². The van der Waals surface area contributed by atoms with Crippen molar-refractivity contribution in [2.45, 2.75) is 38.8 Å². The highest BCUT2D eigenvalue weighted by atomic mass is 16.5. The number of methoxy groups -OCH3 is 1. The summed E-state index contributed by atoms with van der Waals surface area (Å²) in [5.74, 6) is -0.878. The Balaban J connectivity index is 2.11. The van der Waals surface area contributed by atoms with Gasteiger partial charge in [-0.1, -0.05) is 32.0 Å². The number of hydrogen-bond acceptors (Lipinski definition) is 5. The maximum absolute atomic E-state index is 12.6. The fourth-order valence-electron chi connectivity index (χ4n) is 3.00. The highest BCUT2D eigenvalue weighted by Crippen LogP contribution is 2.23. The van der Waals surface area contributed by atoms with E-state index in [1.54, 1.807) is 21.0 Å². The number of carbonyl (C=O) groups is 3. The van der Waals surface area contributed by atoms with Crippen molar-refractivity contribution >= 4 is 17.8 Å². The number of carbonyl (C=O) groups excluding carboxylic acids is 3. The SMILES string of the molecule is COc1ccccc1CC[C@@H]1NC(=O)N([C@@H](C(=O)NO)C(C)C)C1=O. The maximum Gasteiger partial charge on any atom is 0.325 e. The van der Waals surface area contributed by atoms with Crippen LogP contribution in [0.15, 0.2) is 24.3 Å². The van der Waals surface area contributed by atoms with Crippen LogP contribution >= 0.6 is 0 Å². The van der Waals surface area contributed by atoms with Gasteiger partial charge in [0.25, 0.3) is 11.8 Å². The molecule has 0 aromatic heterocycles. The van der Waals surface area contributed by atoms with Crippen LogP contribution in [0.4, 0.5) is 4.79 Å². The van der Waals surface area contributed by atoms with Crippen molar-refractivity contribution in [2.24, 2.45) is 5.92 Å². The first-order valence-electron chi connectivity index (χ1n) is 8.10. The molecule has 1 aromatic rings. The standard InChI is InChI=1S/C17H23N3O5/c1-10(2)14(15(21)19-24)20-16(22)12(18-17(20)23)9-8-11-6-4-5-7-13(11)25-3/h4-7,10,12,14,24H,8-9H2,1-3H3,(H,18,23)(H,19,21)/t12-,14+/m0/s1. The van der Waals surface area contributed by atoms with Crippen LogP contribution in [0.5, 0.6) is 5.75 Å². The average Bonchev–Trinajstić information content (AvgIpc) is 2.87. The molecule has 0 spiro atoms. The minimum atomic E-state index is -1.06. The highest BCUT2D eigenvalue weighted by molar-refractivity contribution is 6.07. The van der Waals surface area contributed by atoms with Gasteiger partial charge in [0.2, 0.25) is 0 Å². The molecule has 1 heterocycles. The topological polar surface area (TPSA) is 108 Å². The molecule has 0 aliphatic carbocycles. The van der Waals surface area contributed by atoms with Crippen LogP contribution in [-0.4, -0.2) is 47.1 Å². The van der Waals surface area contributed by atoms with E-state index in [1.165, 1.54) is 5.48 Å².